The summed E-state index contributed by atoms with van der Waals surface area (Å²) in [7, 11) is 0. The number of halogens is 2. The molecule has 1 aromatic carbocycles. The number of fused-ring (bicyclic) bond motifs is 1. The van der Waals surface area contributed by atoms with Gasteiger partial charge in [0.25, 0.3) is 0 Å². The first kappa shape index (κ1) is 15.6. The van der Waals surface area contributed by atoms with Gasteiger partial charge in [-0.3, -0.25) is 4.79 Å². The molecule has 3 nitrogen and oxygen atoms in total. The van der Waals surface area contributed by atoms with Crippen molar-refractivity contribution in [1.29, 1.82) is 0 Å². The van der Waals surface area contributed by atoms with E-state index in [0.717, 1.165) is 31.0 Å². The molecule has 1 heterocycles. The summed E-state index contributed by atoms with van der Waals surface area (Å²) in [6.07, 6.45) is 1.98. The highest BCUT2D eigenvalue weighted by molar-refractivity contribution is 6.30. The Labute approximate surface area is 130 Å². The standard InChI is InChI=1S/C15H19ClN2O.ClH/c1-9(11-7-17-8-11)15(19)18-14-5-2-10-6-12(16)3-4-13(10)14;/h3-4,6,9,11,14,17H,2,5,7-8H2,1H3,(H,18,19);1H. The van der Waals surface area contributed by atoms with Gasteiger partial charge in [-0.1, -0.05) is 24.6 Å². The van der Waals surface area contributed by atoms with Gasteiger partial charge in [-0.25, -0.2) is 0 Å². The lowest BCUT2D eigenvalue weighted by molar-refractivity contribution is -0.127. The van der Waals surface area contributed by atoms with Gasteiger partial charge in [-0.2, -0.15) is 0 Å². The van der Waals surface area contributed by atoms with Crippen LogP contribution < -0.4 is 10.6 Å². The molecule has 0 radical (unpaired) electrons. The fourth-order valence-corrected chi connectivity index (χ4v) is 3.11. The molecular formula is C15H20Cl2N2O. The number of amides is 1. The zero-order valence-corrected chi connectivity index (χ0v) is 13.1. The summed E-state index contributed by atoms with van der Waals surface area (Å²) in [5, 5.41) is 7.19. The Morgan fingerprint density at radius 2 is 2.20 bits per heavy atom. The van der Waals surface area contributed by atoms with Gasteiger partial charge in [-0.15, -0.1) is 12.4 Å². The van der Waals surface area contributed by atoms with Crippen LogP contribution in [-0.4, -0.2) is 19.0 Å². The summed E-state index contributed by atoms with van der Waals surface area (Å²) < 4.78 is 0. The SMILES string of the molecule is CC(C(=O)NC1CCc2cc(Cl)ccc21)C1CNC1.Cl. The summed E-state index contributed by atoms with van der Waals surface area (Å²) in [6.45, 7) is 3.95. The molecule has 1 amide bonds. The van der Waals surface area contributed by atoms with Crippen molar-refractivity contribution in [1.82, 2.24) is 10.6 Å². The molecule has 1 aliphatic heterocycles. The highest BCUT2D eigenvalue weighted by Gasteiger charge is 2.31. The van der Waals surface area contributed by atoms with Crippen LogP contribution in [-0.2, 0) is 11.2 Å². The van der Waals surface area contributed by atoms with Crippen LogP contribution in [0.4, 0.5) is 0 Å². The molecule has 1 saturated heterocycles. The van der Waals surface area contributed by atoms with E-state index in [2.05, 4.69) is 10.6 Å². The summed E-state index contributed by atoms with van der Waals surface area (Å²) in [4.78, 5) is 12.2. The van der Waals surface area contributed by atoms with Crippen molar-refractivity contribution in [2.45, 2.75) is 25.8 Å². The van der Waals surface area contributed by atoms with Gasteiger partial charge >= 0.3 is 0 Å². The van der Waals surface area contributed by atoms with Crippen LogP contribution >= 0.6 is 24.0 Å². The molecular weight excluding hydrogens is 295 g/mol. The molecule has 0 aromatic heterocycles. The number of carbonyl (C=O) groups is 1. The second kappa shape index (κ2) is 6.33. The molecule has 0 saturated carbocycles. The lowest BCUT2D eigenvalue weighted by Crippen LogP contribution is -2.49. The summed E-state index contributed by atoms with van der Waals surface area (Å²) >= 11 is 6.00. The van der Waals surface area contributed by atoms with E-state index < -0.39 is 0 Å². The Bertz CT molecular complexity index is 503. The lowest BCUT2D eigenvalue weighted by Gasteiger charge is -2.32. The Hall–Kier alpha value is -0.770. The second-order valence-electron chi connectivity index (χ2n) is 5.65. The van der Waals surface area contributed by atoms with Crippen molar-refractivity contribution in [3.8, 4) is 0 Å². The highest BCUT2D eigenvalue weighted by Crippen LogP contribution is 2.33. The number of rotatable bonds is 3. The summed E-state index contributed by atoms with van der Waals surface area (Å²) in [5.41, 5.74) is 2.51. The monoisotopic (exact) mass is 314 g/mol. The Balaban J connectivity index is 0.00000147. The molecule has 3 rings (SSSR count). The Kier molecular flexibility index (Phi) is 4.95. The average molecular weight is 315 g/mol. The maximum absolute atomic E-state index is 12.2. The van der Waals surface area contributed by atoms with E-state index in [4.69, 9.17) is 11.6 Å². The van der Waals surface area contributed by atoms with Crippen LogP contribution in [0.5, 0.6) is 0 Å². The van der Waals surface area contributed by atoms with Gasteiger partial charge in [0.15, 0.2) is 0 Å². The third-order valence-electron chi connectivity index (χ3n) is 4.43. The quantitative estimate of drug-likeness (QED) is 0.900. The first-order valence-electron chi connectivity index (χ1n) is 6.94. The van der Waals surface area contributed by atoms with Crippen LogP contribution in [0.1, 0.15) is 30.5 Å². The van der Waals surface area contributed by atoms with E-state index in [1.807, 2.05) is 25.1 Å². The van der Waals surface area contributed by atoms with Crippen LogP contribution in [0.2, 0.25) is 5.02 Å². The molecule has 0 bridgehead atoms. The molecule has 2 N–H and O–H groups in total. The third-order valence-corrected chi connectivity index (χ3v) is 4.67. The fraction of sp³-hybridized carbons (Fsp3) is 0.533. The lowest BCUT2D eigenvalue weighted by atomic mass is 9.88. The zero-order chi connectivity index (χ0) is 13.4. The van der Waals surface area contributed by atoms with Gasteiger partial charge < -0.3 is 10.6 Å². The van der Waals surface area contributed by atoms with Crippen LogP contribution in [0.15, 0.2) is 18.2 Å². The third kappa shape index (κ3) is 2.95. The molecule has 2 unspecified atom stereocenters. The molecule has 20 heavy (non-hydrogen) atoms. The van der Waals surface area contributed by atoms with E-state index >= 15 is 0 Å². The Morgan fingerprint density at radius 3 is 2.85 bits per heavy atom. The summed E-state index contributed by atoms with van der Waals surface area (Å²) in [5.74, 6) is 0.767. The van der Waals surface area contributed by atoms with Gasteiger partial charge in [0.2, 0.25) is 5.91 Å². The predicted octanol–water partition coefficient (Wildman–Crippen LogP) is 2.72. The van der Waals surface area contributed by atoms with E-state index in [-0.39, 0.29) is 30.3 Å². The van der Waals surface area contributed by atoms with E-state index in [1.54, 1.807) is 0 Å². The van der Waals surface area contributed by atoms with Crippen molar-refractivity contribution in [2.75, 3.05) is 13.1 Å². The molecule has 0 spiro atoms. The number of hydrogen-bond donors (Lipinski definition) is 2. The second-order valence-corrected chi connectivity index (χ2v) is 6.09. The van der Waals surface area contributed by atoms with Crippen molar-refractivity contribution < 1.29 is 4.79 Å². The van der Waals surface area contributed by atoms with E-state index in [1.165, 1.54) is 11.1 Å². The van der Waals surface area contributed by atoms with Crippen molar-refractivity contribution >= 4 is 29.9 Å². The molecule has 2 aliphatic rings. The molecule has 1 fully saturated rings. The van der Waals surface area contributed by atoms with Crippen LogP contribution in [0, 0.1) is 11.8 Å². The minimum Gasteiger partial charge on any atom is -0.349 e. The molecule has 1 aromatic rings. The average Bonchev–Trinajstić information content (AvgIpc) is 2.69. The first-order valence-corrected chi connectivity index (χ1v) is 7.32. The highest BCUT2D eigenvalue weighted by atomic mass is 35.5. The maximum atomic E-state index is 12.2. The van der Waals surface area contributed by atoms with Crippen molar-refractivity contribution in [3.05, 3.63) is 34.3 Å². The number of hydrogen-bond acceptors (Lipinski definition) is 2. The normalized spacial score (nSPS) is 22.4. The molecule has 5 heteroatoms. The van der Waals surface area contributed by atoms with E-state index in [9.17, 15) is 4.79 Å². The topological polar surface area (TPSA) is 41.1 Å². The Morgan fingerprint density at radius 1 is 1.45 bits per heavy atom. The van der Waals surface area contributed by atoms with Gasteiger partial charge in [0.05, 0.1) is 6.04 Å². The van der Waals surface area contributed by atoms with Crippen molar-refractivity contribution in [3.63, 3.8) is 0 Å². The van der Waals surface area contributed by atoms with Crippen LogP contribution in [0.25, 0.3) is 0 Å². The smallest absolute Gasteiger partial charge is 0.223 e. The maximum Gasteiger partial charge on any atom is 0.223 e. The minimum absolute atomic E-state index is 0. The van der Waals surface area contributed by atoms with Gasteiger partial charge in [-0.05, 0) is 55.1 Å². The minimum atomic E-state index is 0. The van der Waals surface area contributed by atoms with Gasteiger partial charge in [0.1, 0.15) is 0 Å². The largest absolute Gasteiger partial charge is 0.349 e. The molecule has 1 aliphatic carbocycles. The fourth-order valence-electron chi connectivity index (χ4n) is 2.92. The number of nitrogens with one attached hydrogen (secondary N) is 2. The number of carbonyl (C=O) groups excluding carboxylic acids is 1. The molecule has 110 valence electrons. The molecule has 2 atom stereocenters. The first-order chi connectivity index (χ1) is 9.15. The van der Waals surface area contributed by atoms with Crippen molar-refractivity contribution in [2.24, 2.45) is 11.8 Å². The van der Waals surface area contributed by atoms with Crippen LogP contribution in [0.3, 0.4) is 0 Å². The van der Waals surface area contributed by atoms with E-state index in [0.29, 0.717) is 5.92 Å². The zero-order valence-electron chi connectivity index (χ0n) is 11.5. The predicted molar refractivity (Wildman–Crippen MR) is 83.4 cm³/mol. The number of aryl methyl sites for hydroxylation is 1. The van der Waals surface area contributed by atoms with Gasteiger partial charge in [0, 0.05) is 10.9 Å². The summed E-state index contributed by atoms with van der Waals surface area (Å²) in [6, 6.07) is 6.13. The number of benzene rings is 1.